The molecule has 5 nitrogen and oxygen atoms in total. The molecule has 1 aliphatic rings. The van der Waals surface area contributed by atoms with E-state index in [1.54, 1.807) is 17.0 Å². The molecule has 1 heterocycles. The Morgan fingerprint density at radius 3 is 2.31 bits per heavy atom. The van der Waals surface area contributed by atoms with Crippen LogP contribution in [0.15, 0.2) is 84.9 Å². The lowest BCUT2D eigenvalue weighted by molar-refractivity contribution is -0.134. The molecule has 0 radical (unpaired) electrons. The number of benzene rings is 3. The molecule has 3 aromatic rings. The molecule has 0 N–H and O–H groups in total. The van der Waals surface area contributed by atoms with E-state index in [0.29, 0.717) is 49.0 Å². The minimum Gasteiger partial charge on any atom is -0.493 e. The maximum atomic E-state index is 13.4. The number of likely N-dealkylation sites (tertiary alicyclic amines) is 1. The summed E-state index contributed by atoms with van der Waals surface area (Å²) in [4.78, 5) is 30.2. The summed E-state index contributed by atoms with van der Waals surface area (Å²) in [6.07, 6.45) is 1.94. The molecule has 2 amide bonds. The summed E-state index contributed by atoms with van der Waals surface area (Å²) < 4.78 is 6.17. The topological polar surface area (TPSA) is 49.9 Å². The zero-order valence-electron chi connectivity index (χ0n) is 20.0. The first-order valence-corrected chi connectivity index (χ1v) is 12.3. The van der Waals surface area contributed by atoms with Gasteiger partial charge in [-0.25, -0.2) is 0 Å². The lowest BCUT2D eigenvalue weighted by Gasteiger charge is -2.43. The van der Waals surface area contributed by atoms with Crippen molar-refractivity contribution in [3.8, 4) is 5.75 Å². The van der Waals surface area contributed by atoms with Crippen LogP contribution in [-0.2, 0) is 11.3 Å². The minimum atomic E-state index is -0.482. The molecule has 1 atom stereocenters. The summed E-state index contributed by atoms with van der Waals surface area (Å²) in [5, 5.41) is 0.641. The first-order chi connectivity index (χ1) is 16.9. The first kappa shape index (κ1) is 24.8. The van der Waals surface area contributed by atoms with Gasteiger partial charge < -0.3 is 14.5 Å². The number of hydrogen-bond donors (Lipinski definition) is 0. The molecule has 0 aromatic heterocycles. The van der Waals surface area contributed by atoms with Crippen LogP contribution in [0.5, 0.6) is 5.75 Å². The third-order valence-corrected chi connectivity index (χ3v) is 6.79. The molecule has 35 heavy (non-hydrogen) atoms. The van der Waals surface area contributed by atoms with E-state index in [0.717, 1.165) is 18.4 Å². The Morgan fingerprint density at radius 1 is 0.971 bits per heavy atom. The second-order valence-electron chi connectivity index (χ2n) is 9.35. The molecule has 182 valence electrons. The van der Waals surface area contributed by atoms with Crippen LogP contribution < -0.4 is 4.74 Å². The second kappa shape index (κ2) is 11.4. The number of rotatable bonds is 8. The molecule has 1 aliphatic heterocycles. The van der Waals surface area contributed by atoms with Crippen LogP contribution in [0.2, 0.25) is 5.02 Å². The summed E-state index contributed by atoms with van der Waals surface area (Å²) >= 11 is 6.02. The fraction of sp³-hybridized carbons (Fsp3) is 0.310. The van der Waals surface area contributed by atoms with Gasteiger partial charge >= 0.3 is 0 Å². The average molecular weight is 491 g/mol. The van der Waals surface area contributed by atoms with Crippen molar-refractivity contribution >= 4 is 23.4 Å². The van der Waals surface area contributed by atoms with Gasteiger partial charge in [-0.3, -0.25) is 9.59 Å². The van der Waals surface area contributed by atoms with Crippen LogP contribution >= 0.6 is 11.6 Å². The quantitative estimate of drug-likeness (QED) is 0.407. The van der Waals surface area contributed by atoms with Gasteiger partial charge in [-0.1, -0.05) is 60.1 Å². The largest absolute Gasteiger partial charge is 0.493 e. The minimum absolute atomic E-state index is 0.00810. The molecule has 0 bridgehead atoms. The van der Waals surface area contributed by atoms with Crippen LogP contribution in [0.25, 0.3) is 0 Å². The van der Waals surface area contributed by atoms with Crippen LogP contribution in [0.1, 0.15) is 35.2 Å². The second-order valence-corrected chi connectivity index (χ2v) is 9.79. The van der Waals surface area contributed by atoms with Crippen LogP contribution in [0, 0.1) is 5.41 Å². The van der Waals surface area contributed by atoms with Crippen molar-refractivity contribution in [1.82, 2.24) is 9.80 Å². The van der Waals surface area contributed by atoms with E-state index < -0.39 is 5.41 Å². The predicted molar refractivity (Wildman–Crippen MR) is 138 cm³/mol. The van der Waals surface area contributed by atoms with Gasteiger partial charge in [-0.05, 0) is 54.8 Å². The van der Waals surface area contributed by atoms with Crippen molar-refractivity contribution in [2.45, 2.75) is 25.8 Å². The van der Waals surface area contributed by atoms with Crippen molar-refractivity contribution < 1.29 is 14.3 Å². The summed E-state index contributed by atoms with van der Waals surface area (Å²) in [7, 11) is 1.83. The van der Waals surface area contributed by atoms with E-state index in [-0.39, 0.29) is 11.8 Å². The number of hydrogen-bond acceptors (Lipinski definition) is 3. The van der Waals surface area contributed by atoms with Crippen LogP contribution in [0.4, 0.5) is 0 Å². The van der Waals surface area contributed by atoms with Gasteiger partial charge in [-0.2, -0.15) is 0 Å². The van der Waals surface area contributed by atoms with Crippen molar-refractivity contribution in [1.29, 1.82) is 0 Å². The Hall–Kier alpha value is -3.31. The fourth-order valence-corrected chi connectivity index (χ4v) is 4.75. The van der Waals surface area contributed by atoms with Gasteiger partial charge in [0.1, 0.15) is 5.75 Å². The molecule has 0 aliphatic carbocycles. The standard InChI is InChI=1S/C29H31ClN2O3/c1-31(20-23-9-4-2-5-10-23)27(33)19-29(22-35-26-15-13-25(30)14-16-26)17-8-18-32(21-29)28(34)24-11-6-3-7-12-24/h2-7,9-16H,8,17-22H2,1H3/t29-/m0/s1. The number of piperidine rings is 1. The summed E-state index contributed by atoms with van der Waals surface area (Å²) in [5.74, 6) is 0.735. The zero-order valence-corrected chi connectivity index (χ0v) is 20.8. The number of carbonyl (C=O) groups is 2. The Morgan fingerprint density at radius 2 is 1.63 bits per heavy atom. The van der Waals surface area contributed by atoms with Crippen molar-refractivity contribution in [3.63, 3.8) is 0 Å². The van der Waals surface area contributed by atoms with E-state index in [4.69, 9.17) is 16.3 Å². The van der Waals surface area contributed by atoms with E-state index in [1.807, 2.05) is 84.7 Å². The molecule has 1 saturated heterocycles. The molecular formula is C29H31ClN2O3. The Kier molecular flexibility index (Phi) is 8.09. The van der Waals surface area contributed by atoms with Crippen molar-refractivity contribution in [2.75, 3.05) is 26.7 Å². The summed E-state index contributed by atoms with van der Waals surface area (Å²) in [6.45, 7) is 2.03. The SMILES string of the molecule is CN(Cc1ccccc1)C(=O)C[C@@]1(COc2ccc(Cl)cc2)CCCN(C(=O)c2ccccc2)C1. The Labute approximate surface area is 212 Å². The van der Waals surface area contributed by atoms with Crippen molar-refractivity contribution in [2.24, 2.45) is 5.41 Å². The third kappa shape index (κ3) is 6.64. The van der Waals surface area contributed by atoms with Gasteiger partial charge in [-0.15, -0.1) is 0 Å². The normalized spacial score (nSPS) is 17.6. The highest BCUT2D eigenvalue weighted by Gasteiger charge is 2.40. The highest BCUT2D eigenvalue weighted by atomic mass is 35.5. The molecule has 0 saturated carbocycles. The molecule has 3 aromatic carbocycles. The number of halogens is 1. The molecule has 0 unspecified atom stereocenters. The van der Waals surface area contributed by atoms with E-state index in [1.165, 1.54) is 0 Å². The summed E-state index contributed by atoms with van der Waals surface area (Å²) in [5.41, 5.74) is 1.26. The Balaban J connectivity index is 1.51. The maximum absolute atomic E-state index is 13.4. The van der Waals surface area contributed by atoms with Crippen LogP contribution in [-0.4, -0.2) is 48.4 Å². The number of ether oxygens (including phenoxy) is 1. The van der Waals surface area contributed by atoms with Gasteiger partial charge in [0.15, 0.2) is 0 Å². The molecule has 4 rings (SSSR count). The highest BCUT2D eigenvalue weighted by molar-refractivity contribution is 6.30. The molecule has 6 heteroatoms. The number of nitrogens with zero attached hydrogens (tertiary/aromatic N) is 2. The Bertz CT molecular complexity index is 1120. The van der Waals surface area contributed by atoms with Gasteiger partial charge in [0.25, 0.3) is 5.91 Å². The monoisotopic (exact) mass is 490 g/mol. The van der Waals surface area contributed by atoms with E-state index in [2.05, 4.69) is 0 Å². The first-order valence-electron chi connectivity index (χ1n) is 11.9. The average Bonchev–Trinajstić information content (AvgIpc) is 2.89. The lowest BCUT2D eigenvalue weighted by atomic mass is 9.77. The van der Waals surface area contributed by atoms with Crippen molar-refractivity contribution in [3.05, 3.63) is 101 Å². The van der Waals surface area contributed by atoms with Gasteiger partial charge in [0.2, 0.25) is 5.91 Å². The third-order valence-electron chi connectivity index (χ3n) is 6.54. The van der Waals surface area contributed by atoms with E-state index >= 15 is 0 Å². The lowest BCUT2D eigenvalue weighted by Crippen LogP contribution is -2.50. The molecule has 0 spiro atoms. The predicted octanol–water partition coefficient (Wildman–Crippen LogP) is 5.69. The maximum Gasteiger partial charge on any atom is 0.253 e. The van der Waals surface area contributed by atoms with Crippen LogP contribution in [0.3, 0.4) is 0 Å². The van der Waals surface area contributed by atoms with E-state index in [9.17, 15) is 9.59 Å². The molecule has 1 fully saturated rings. The number of carbonyl (C=O) groups excluding carboxylic acids is 2. The highest BCUT2D eigenvalue weighted by Crippen LogP contribution is 2.36. The van der Waals surface area contributed by atoms with Gasteiger partial charge in [0.05, 0.1) is 6.61 Å². The number of amides is 2. The smallest absolute Gasteiger partial charge is 0.253 e. The zero-order chi connectivity index (χ0) is 24.7. The fourth-order valence-electron chi connectivity index (χ4n) is 4.63. The van der Waals surface area contributed by atoms with Gasteiger partial charge in [0, 0.05) is 49.1 Å². The molecular weight excluding hydrogens is 460 g/mol. The summed E-state index contributed by atoms with van der Waals surface area (Å²) in [6, 6.07) is 26.5.